The summed E-state index contributed by atoms with van der Waals surface area (Å²) in [6.45, 7) is 6.19. The number of hydrogen-bond acceptors (Lipinski definition) is 6. The average molecular weight is 435 g/mol. The molecule has 0 unspecified atom stereocenters. The molecular formula is C23H22FN5O3. The third-order valence-corrected chi connectivity index (χ3v) is 4.94. The molecule has 2 aromatic heterocycles. The molecule has 0 aliphatic carbocycles. The molecule has 0 aliphatic heterocycles. The van der Waals surface area contributed by atoms with Crippen molar-refractivity contribution < 1.29 is 18.4 Å². The number of anilines is 1. The van der Waals surface area contributed by atoms with E-state index in [4.69, 9.17) is 9.26 Å². The van der Waals surface area contributed by atoms with Crippen LogP contribution >= 0.6 is 0 Å². The van der Waals surface area contributed by atoms with E-state index in [9.17, 15) is 9.18 Å². The average Bonchev–Trinajstić information content (AvgIpc) is 3.36. The monoisotopic (exact) mass is 435 g/mol. The van der Waals surface area contributed by atoms with Gasteiger partial charge in [0.25, 0.3) is 5.91 Å². The zero-order valence-electron chi connectivity index (χ0n) is 17.9. The number of ether oxygens (including phenoxy) is 1. The van der Waals surface area contributed by atoms with Crippen molar-refractivity contribution in [3.63, 3.8) is 0 Å². The molecule has 0 radical (unpaired) electrons. The molecule has 0 spiro atoms. The molecule has 0 bridgehead atoms. The second kappa shape index (κ2) is 9.01. The summed E-state index contributed by atoms with van der Waals surface area (Å²) in [7, 11) is 0. The van der Waals surface area contributed by atoms with Gasteiger partial charge in [0.2, 0.25) is 5.95 Å². The molecule has 4 aromatic rings. The summed E-state index contributed by atoms with van der Waals surface area (Å²) >= 11 is 0. The second-order valence-corrected chi connectivity index (χ2v) is 7.47. The molecule has 0 fully saturated rings. The van der Waals surface area contributed by atoms with Gasteiger partial charge in [-0.05, 0) is 55.7 Å². The van der Waals surface area contributed by atoms with Gasteiger partial charge in [-0.15, -0.1) is 5.10 Å². The third kappa shape index (κ3) is 4.83. The summed E-state index contributed by atoms with van der Waals surface area (Å²) in [5.74, 6) is 0.550. The Hall–Kier alpha value is -4.01. The minimum absolute atomic E-state index is 0.114. The van der Waals surface area contributed by atoms with Crippen molar-refractivity contribution in [2.75, 3.05) is 5.32 Å². The van der Waals surface area contributed by atoms with Crippen molar-refractivity contribution in [2.24, 2.45) is 0 Å². The van der Waals surface area contributed by atoms with Crippen LogP contribution in [0.5, 0.6) is 5.75 Å². The number of halogens is 1. The van der Waals surface area contributed by atoms with Crippen molar-refractivity contribution in [2.45, 2.75) is 33.9 Å². The van der Waals surface area contributed by atoms with Gasteiger partial charge in [0.05, 0.1) is 12.1 Å². The number of carbonyl (C=O) groups is 1. The highest BCUT2D eigenvalue weighted by atomic mass is 19.1. The quantitative estimate of drug-likeness (QED) is 0.467. The lowest BCUT2D eigenvalue weighted by molar-refractivity contribution is 0.101. The number of benzene rings is 2. The molecule has 164 valence electrons. The smallest absolute Gasteiger partial charge is 0.280 e. The van der Waals surface area contributed by atoms with Crippen LogP contribution in [0.3, 0.4) is 0 Å². The summed E-state index contributed by atoms with van der Waals surface area (Å²) in [4.78, 5) is 16.9. The Balaban J connectivity index is 1.43. The van der Waals surface area contributed by atoms with E-state index in [1.54, 1.807) is 23.7 Å². The van der Waals surface area contributed by atoms with Crippen molar-refractivity contribution in [1.82, 2.24) is 19.9 Å². The van der Waals surface area contributed by atoms with E-state index >= 15 is 0 Å². The lowest BCUT2D eigenvalue weighted by atomic mass is 10.1. The fourth-order valence-corrected chi connectivity index (χ4v) is 3.12. The summed E-state index contributed by atoms with van der Waals surface area (Å²) in [6, 6.07) is 12.0. The van der Waals surface area contributed by atoms with Gasteiger partial charge >= 0.3 is 0 Å². The van der Waals surface area contributed by atoms with Gasteiger partial charge in [-0.3, -0.25) is 10.1 Å². The number of rotatable bonds is 7. The van der Waals surface area contributed by atoms with E-state index in [1.807, 2.05) is 32.0 Å². The number of hydrogen-bond donors (Lipinski definition) is 1. The summed E-state index contributed by atoms with van der Waals surface area (Å²) in [6.07, 6.45) is 1.48. The number of aromatic nitrogens is 4. The lowest BCUT2D eigenvalue weighted by Gasteiger charge is -2.10. The van der Waals surface area contributed by atoms with E-state index in [-0.39, 0.29) is 24.1 Å². The predicted molar refractivity (Wildman–Crippen MR) is 115 cm³/mol. The normalized spacial score (nSPS) is 10.9. The maximum absolute atomic E-state index is 13.1. The van der Waals surface area contributed by atoms with Crippen molar-refractivity contribution in [1.29, 1.82) is 0 Å². The number of amides is 1. The molecule has 9 heteroatoms. The van der Waals surface area contributed by atoms with E-state index < -0.39 is 5.91 Å². The van der Waals surface area contributed by atoms with Crippen LogP contribution in [0, 0.1) is 26.6 Å². The summed E-state index contributed by atoms with van der Waals surface area (Å²) in [5.41, 5.74) is 3.59. The number of nitrogens with one attached hydrogen (secondary N) is 1. The van der Waals surface area contributed by atoms with Crippen LogP contribution in [0.1, 0.15) is 38.5 Å². The standard InChI is InChI=1S/C23H22FN5O3/c1-14-4-5-15(2)20(10-14)31-12-19-16(3)32-28-21(19)22(30)26-23-25-13-29(27-23)11-17-6-8-18(24)9-7-17/h4-10,13H,11-12H2,1-3H3,(H,26,27,30). The predicted octanol–water partition coefficient (Wildman–Crippen LogP) is 4.21. The highest BCUT2D eigenvalue weighted by molar-refractivity contribution is 6.02. The first kappa shape index (κ1) is 21.2. The van der Waals surface area contributed by atoms with Crippen LogP contribution < -0.4 is 10.1 Å². The first-order valence-corrected chi connectivity index (χ1v) is 9.99. The highest BCUT2D eigenvalue weighted by Crippen LogP contribution is 2.23. The molecule has 8 nitrogen and oxygen atoms in total. The molecule has 32 heavy (non-hydrogen) atoms. The lowest BCUT2D eigenvalue weighted by Crippen LogP contribution is -2.16. The Kier molecular flexibility index (Phi) is 5.98. The Labute approximate surface area is 184 Å². The SMILES string of the molecule is Cc1ccc(C)c(OCc2c(C(=O)Nc3ncn(Cc4ccc(F)cc4)n3)noc2C)c1. The van der Waals surface area contributed by atoms with Crippen LogP contribution in [0.2, 0.25) is 0 Å². The molecule has 0 saturated heterocycles. The van der Waals surface area contributed by atoms with Gasteiger partial charge in [0.15, 0.2) is 5.69 Å². The van der Waals surface area contributed by atoms with Crippen molar-refractivity contribution in [3.05, 3.63) is 88.3 Å². The zero-order valence-corrected chi connectivity index (χ0v) is 17.9. The van der Waals surface area contributed by atoms with E-state index in [1.165, 1.54) is 18.5 Å². The Morgan fingerprint density at radius 1 is 1.16 bits per heavy atom. The van der Waals surface area contributed by atoms with Crippen LogP contribution in [0.25, 0.3) is 0 Å². The fourth-order valence-electron chi connectivity index (χ4n) is 3.12. The molecule has 0 aliphatic rings. The van der Waals surface area contributed by atoms with E-state index in [0.717, 1.165) is 22.4 Å². The Bertz CT molecular complexity index is 1250. The van der Waals surface area contributed by atoms with E-state index in [0.29, 0.717) is 17.9 Å². The number of carbonyl (C=O) groups excluding carboxylic acids is 1. The maximum Gasteiger partial charge on any atom is 0.280 e. The first-order chi connectivity index (χ1) is 15.4. The molecule has 1 amide bonds. The van der Waals surface area contributed by atoms with Gasteiger partial charge in [0.1, 0.15) is 30.3 Å². The van der Waals surface area contributed by atoms with Crippen LogP contribution in [-0.2, 0) is 13.2 Å². The molecule has 1 N–H and O–H groups in total. The van der Waals surface area contributed by atoms with E-state index in [2.05, 4.69) is 20.6 Å². The van der Waals surface area contributed by atoms with Crippen LogP contribution in [-0.4, -0.2) is 25.8 Å². The van der Waals surface area contributed by atoms with Crippen LogP contribution in [0.4, 0.5) is 10.3 Å². The molecule has 4 rings (SSSR count). The number of nitrogens with zero attached hydrogens (tertiary/aromatic N) is 4. The molecule has 0 saturated carbocycles. The van der Waals surface area contributed by atoms with Gasteiger partial charge < -0.3 is 9.26 Å². The van der Waals surface area contributed by atoms with Crippen LogP contribution in [0.15, 0.2) is 53.3 Å². The van der Waals surface area contributed by atoms with Gasteiger partial charge in [-0.1, -0.05) is 29.4 Å². The van der Waals surface area contributed by atoms with Gasteiger partial charge in [0, 0.05) is 0 Å². The zero-order chi connectivity index (χ0) is 22.7. The molecule has 0 atom stereocenters. The van der Waals surface area contributed by atoms with Gasteiger partial charge in [-0.2, -0.15) is 0 Å². The number of aryl methyl sites for hydroxylation is 3. The minimum atomic E-state index is -0.499. The second-order valence-electron chi connectivity index (χ2n) is 7.47. The molecule has 2 heterocycles. The minimum Gasteiger partial charge on any atom is -0.488 e. The van der Waals surface area contributed by atoms with Gasteiger partial charge in [-0.25, -0.2) is 14.1 Å². The summed E-state index contributed by atoms with van der Waals surface area (Å²) < 4.78 is 25.7. The topological polar surface area (TPSA) is 95.1 Å². The Morgan fingerprint density at radius 2 is 1.94 bits per heavy atom. The largest absolute Gasteiger partial charge is 0.488 e. The van der Waals surface area contributed by atoms with Crippen molar-refractivity contribution >= 4 is 11.9 Å². The fraction of sp³-hybridized carbons (Fsp3) is 0.217. The summed E-state index contributed by atoms with van der Waals surface area (Å²) in [5, 5.41) is 10.7. The maximum atomic E-state index is 13.1. The third-order valence-electron chi connectivity index (χ3n) is 4.94. The first-order valence-electron chi connectivity index (χ1n) is 9.99. The van der Waals surface area contributed by atoms with Crippen molar-refractivity contribution in [3.8, 4) is 5.75 Å². The molecule has 2 aromatic carbocycles. The highest BCUT2D eigenvalue weighted by Gasteiger charge is 2.22. The Morgan fingerprint density at radius 3 is 2.72 bits per heavy atom. The molecular weight excluding hydrogens is 413 g/mol.